The maximum atomic E-state index is 12.9. The Hall–Kier alpha value is -4.18. The van der Waals surface area contributed by atoms with E-state index in [0.29, 0.717) is 11.3 Å². The third kappa shape index (κ3) is 4.85. The van der Waals surface area contributed by atoms with Gasteiger partial charge in [0.15, 0.2) is 0 Å². The van der Waals surface area contributed by atoms with Crippen LogP contribution in [0.4, 0.5) is 5.69 Å². The molecule has 1 saturated heterocycles. The van der Waals surface area contributed by atoms with Gasteiger partial charge in [-0.1, -0.05) is 48.5 Å². The Balaban J connectivity index is 1.40. The molecular weight excluding hydrogens is 416 g/mol. The fourth-order valence-corrected chi connectivity index (χ4v) is 4.10. The van der Waals surface area contributed by atoms with Gasteiger partial charge < -0.3 is 15.1 Å². The zero-order valence-corrected chi connectivity index (χ0v) is 18.3. The molecule has 0 spiro atoms. The molecule has 4 rings (SSSR count). The van der Waals surface area contributed by atoms with E-state index in [1.54, 1.807) is 31.3 Å². The maximum Gasteiger partial charge on any atom is 0.254 e. The van der Waals surface area contributed by atoms with Gasteiger partial charge in [0.05, 0.1) is 18.5 Å². The number of benzene rings is 3. The van der Waals surface area contributed by atoms with E-state index in [4.69, 9.17) is 0 Å². The highest BCUT2D eigenvalue weighted by Gasteiger charge is 2.39. The number of nitrogens with zero attached hydrogens (tertiary/aromatic N) is 3. The van der Waals surface area contributed by atoms with Crippen molar-refractivity contribution in [3.05, 3.63) is 78.4 Å². The topological polar surface area (TPSA) is 93.5 Å². The number of likely N-dealkylation sites (tertiary alicyclic amines) is 1. The van der Waals surface area contributed by atoms with E-state index in [-0.39, 0.29) is 37.2 Å². The zero-order valence-electron chi connectivity index (χ0n) is 18.3. The smallest absolute Gasteiger partial charge is 0.254 e. The molecular formula is C26H24N4O3. The van der Waals surface area contributed by atoms with Gasteiger partial charge in [0, 0.05) is 24.8 Å². The van der Waals surface area contributed by atoms with E-state index in [1.165, 1.54) is 9.80 Å². The summed E-state index contributed by atoms with van der Waals surface area (Å²) in [5, 5.41) is 14.3. The summed E-state index contributed by atoms with van der Waals surface area (Å²) in [6.45, 7) is -0.0232. The van der Waals surface area contributed by atoms with E-state index >= 15 is 0 Å². The van der Waals surface area contributed by atoms with Crippen molar-refractivity contribution >= 4 is 34.2 Å². The molecule has 3 amide bonds. The minimum absolute atomic E-state index is 0.147. The minimum atomic E-state index is -0.701. The summed E-state index contributed by atoms with van der Waals surface area (Å²) < 4.78 is 0. The Bertz CT molecular complexity index is 1240. The highest BCUT2D eigenvalue weighted by atomic mass is 16.2. The van der Waals surface area contributed by atoms with Gasteiger partial charge in [-0.15, -0.1) is 0 Å². The van der Waals surface area contributed by atoms with Crippen molar-refractivity contribution in [1.82, 2.24) is 9.80 Å². The van der Waals surface area contributed by atoms with Crippen LogP contribution < -0.4 is 5.32 Å². The third-order valence-corrected chi connectivity index (χ3v) is 5.90. The average Bonchev–Trinajstić information content (AvgIpc) is 3.29. The van der Waals surface area contributed by atoms with Gasteiger partial charge in [-0.2, -0.15) is 5.26 Å². The van der Waals surface area contributed by atoms with Crippen LogP contribution >= 0.6 is 0 Å². The normalized spacial score (nSPS) is 17.4. The van der Waals surface area contributed by atoms with Crippen LogP contribution in [0.2, 0.25) is 0 Å². The van der Waals surface area contributed by atoms with Crippen LogP contribution in [0.25, 0.3) is 10.8 Å². The largest absolute Gasteiger partial charge is 0.332 e. The first kappa shape index (κ1) is 22.0. The molecule has 0 saturated carbocycles. The number of carbonyl (C=O) groups excluding carboxylic acids is 3. The number of rotatable bonds is 5. The first-order chi connectivity index (χ1) is 16.0. The second-order valence-electron chi connectivity index (χ2n) is 8.20. The minimum Gasteiger partial charge on any atom is -0.332 e. The fraction of sp³-hybridized carbons (Fsp3) is 0.231. The van der Waals surface area contributed by atoms with E-state index < -0.39 is 12.0 Å². The molecule has 2 atom stereocenters. The molecule has 1 fully saturated rings. The molecule has 7 nitrogen and oxygen atoms in total. The zero-order chi connectivity index (χ0) is 23.4. The average molecular weight is 441 g/mol. The van der Waals surface area contributed by atoms with Crippen LogP contribution in [-0.4, -0.2) is 53.7 Å². The maximum absolute atomic E-state index is 12.9. The Morgan fingerprint density at radius 1 is 1.03 bits per heavy atom. The molecule has 1 heterocycles. The highest BCUT2D eigenvalue weighted by molar-refractivity contribution is 6.00. The summed E-state index contributed by atoms with van der Waals surface area (Å²) in [6.07, 6.45) is 0.267. The summed E-state index contributed by atoms with van der Waals surface area (Å²) in [7, 11) is 1.56. The van der Waals surface area contributed by atoms with Gasteiger partial charge in [0.25, 0.3) is 5.91 Å². The lowest BCUT2D eigenvalue weighted by molar-refractivity contribution is -0.131. The van der Waals surface area contributed by atoms with Gasteiger partial charge in [0.2, 0.25) is 11.8 Å². The predicted octanol–water partition coefficient (Wildman–Crippen LogP) is 3.29. The Labute approximate surface area is 192 Å². The monoisotopic (exact) mass is 440 g/mol. The van der Waals surface area contributed by atoms with Crippen molar-refractivity contribution < 1.29 is 14.4 Å². The number of nitriles is 1. The predicted molar refractivity (Wildman–Crippen MR) is 125 cm³/mol. The van der Waals surface area contributed by atoms with Crippen LogP contribution in [0.5, 0.6) is 0 Å². The number of fused-ring (bicyclic) bond motifs is 1. The summed E-state index contributed by atoms with van der Waals surface area (Å²) in [6, 6.07) is 23.6. The van der Waals surface area contributed by atoms with Gasteiger partial charge in [-0.25, -0.2) is 0 Å². The molecule has 0 radical (unpaired) electrons. The van der Waals surface area contributed by atoms with Crippen molar-refractivity contribution in [2.45, 2.75) is 12.5 Å². The lowest BCUT2D eigenvalue weighted by Gasteiger charge is -2.24. The Kier molecular flexibility index (Phi) is 6.36. The summed E-state index contributed by atoms with van der Waals surface area (Å²) in [4.78, 5) is 41.2. The number of amides is 3. The van der Waals surface area contributed by atoms with Gasteiger partial charge in [0.1, 0.15) is 6.04 Å². The number of anilines is 1. The molecule has 2 unspecified atom stereocenters. The first-order valence-electron chi connectivity index (χ1n) is 10.8. The summed E-state index contributed by atoms with van der Waals surface area (Å²) in [5.41, 5.74) is 1.16. The van der Waals surface area contributed by atoms with Gasteiger partial charge >= 0.3 is 0 Å². The van der Waals surface area contributed by atoms with Gasteiger partial charge in [-0.05, 0) is 41.5 Å². The van der Waals surface area contributed by atoms with E-state index in [9.17, 15) is 19.6 Å². The number of para-hydroxylation sites is 1. The van der Waals surface area contributed by atoms with E-state index in [1.807, 2.05) is 48.5 Å². The number of carbonyl (C=O) groups is 3. The van der Waals surface area contributed by atoms with Crippen molar-refractivity contribution in [3.8, 4) is 6.07 Å². The van der Waals surface area contributed by atoms with Crippen LogP contribution in [0.3, 0.4) is 0 Å². The van der Waals surface area contributed by atoms with Crippen LogP contribution in [-0.2, 0) is 9.59 Å². The quantitative estimate of drug-likeness (QED) is 0.659. The van der Waals surface area contributed by atoms with Gasteiger partial charge in [-0.3, -0.25) is 14.4 Å². The molecule has 1 aliphatic rings. The molecule has 166 valence electrons. The lowest BCUT2D eigenvalue weighted by atomic mass is 10.1. The summed E-state index contributed by atoms with van der Waals surface area (Å²) in [5.74, 6) is -1.34. The number of hydrogen-bond acceptors (Lipinski definition) is 4. The number of hydrogen-bond donors (Lipinski definition) is 1. The highest BCUT2D eigenvalue weighted by Crippen LogP contribution is 2.25. The lowest BCUT2D eigenvalue weighted by Crippen LogP contribution is -2.43. The molecule has 0 bridgehead atoms. The third-order valence-electron chi connectivity index (χ3n) is 5.90. The number of likely N-dealkylation sites (N-methyl/N-ethyl adjacent to an activating group) is 1. The number of nitrogens with one attached hydrogen (secondary N) is 1. The van der Waals surface area contributed by atoms with Crippen LogP contribution in [0.15, 0.2) is 72.8 Å². The molecule has 0 aliphatic carbocycles. The first-order valence-corrected chi connectivity index (χ1v) is 10.8. The molecule has 33 heavy (non-hydrogen) atoms. The van der Waals surface area contributed by atoms with Crippen molar-refractivity contribution in [3.63, 3.8) is 0 Å². The molecule has 1 aliphatic heterocycles. The Morgan fingerprint density at radius 3 is 2.45 bits per heavy atom. The Morgan fingerprint density at radius 2 is 1.73 bits per heavy atom. The van der Waals surface area contributed by atoms with Crippen LogP contribution in [0.1, 0.15) is 16.8 Å². The van der Waals surface area contributed by atoms with E-state index in [2.05, 4.69) is 11.4 Å². The van der Waals surface area contributed by atoms with Crippen molar-refractivity contribution in [1.29, 1.82) is 5.26 Å². The van der Waals surface area contributed by atoms with E-state index in [0.717, 1.165) is 10.8 Å². The molecule has 1 N–H and O–H groups in total. The second kappa shape index (κ2) is 9.53. The molecule has 3 aromatic carbocycles. The van der Waals surface area contributed by atoms with Crippen LogP contribution in [0, 0.1) is 17.2 Å². The summed E-state index contributed by atoms with van der Waals surface area (Å²) >= 11 is 0. The second-order valence-corrected chi connectivity index (χ2v) is 8.20. The molecule has 3 aromatic rings. The standard InChI is InChI=1S/C26H24N4O3/c1-29(26(33)20-12-11-18-7-5-6-8-19(18)13-20)17-24(31)30-16-21(14-23(30)15-27)25(32)28-22-9-3-2-4-10-22/h2-13,21,23H,14,16-17H2,1H3,(H,28,32). The molecule has 7 heteroatoms. The SMILES string of the molecule is CN(CC(=O)N1CC(C(=O)Nc2ccccc2)CC1C#N)C(=O)c1ccc2ccccc2c1. The fourth-order valence-electron chi connectivity index (χ4n) is 4.10. The van der Waals surface area contributed by atoms with Crippen molar-refractivity contribution in [2.75, 3.05) is 25.5 Å². The molecule has 0 aromatic heterocycles. The van der Waals surface area contributed by atoms with Crippen molar-refractivity contribution in [2.24, 2.45) is 5.92 Å².